The summed E-state index contributed by atoms with van der Waals surface area (Å²) in [6, 6.07) is 1.41. The summed E-state index contributed by atoms with van der Waals surface area (Å²) in [6.07, 6.45) is 20.7. The SMILES string of the molecule is CC(C)CCN(C(N)=NCC12CC3CC(CC(C3)C1)C2)[C@H](CC1CCCCC1)CN1CCC[C@H]1CN1C(N)=NC[C@H]1C(C)C. The van der Waals surface area contributed by atoms with Gasteiger partial charge in [0.05, 0.1) is 12.6 Å². The van der Waals surface area contributed by atoms with Gasteiger partial charge in [0.15, 0.2) is 11.9 Å². The number of likely N-dealkylation sites (tertiary alicyclic amines) is 1. The van der Waals surface area contributed by atoms with Crippen molar-refractivity contribution in [2.75, 3.05) is 39.3 Å². The molecule has 7 heteroatoms. The van der Waals surface area contributed by atoms with Crippen LogP contribution in [0, 0.1) is 40.9 Å². The lowest BCUT2D eigenvalue weighted by Gasteiger charge is -2.56. The second-order valence-electron chi connectivity index (χ2n) is 17.3. The van der Waals surface area contributed by atoms with Crippen molar-refractivity contribution in [2.24, 2.45) is 62.4 Å². The van der Waals surface area contributed by atoms with Crippen molar-refractivity contribution in [3.05, 3.63) is 0 Å². The Balaban J connectivity index is 1.20. The van der Waals surface area contributed by atoms with Crippen LogP contribution >= 0.6 is 0 Å². The Labute approximate surface area is 270 Å². The first kappa shape index (κ1) is 32.4. The molecule has 0 unspecified atom stereocenters. The molecule has 0 aromatic rings. The van der Waals surface area contributed by atoms with Crippen molar-refractivity contribution < 1.29 is 0 Å². The van der Waals surface area contributed by atoms with Crippen molar-refractivity contribution >= 4 is 11.9 Å². The molecule has 5 saturated carbocycles. The van der Waals surface area contributed by atoms with Crippen LogP contribution in [0.25, 0.3) is 0 Å². The van der Waals surface area contributed by atoms with E-state index in [1.807, 2.05) is 0 Å². The third-order valence-corrected chi connectivity index (χ3v) is 13.0. The summed E-state index contributed by atoms with van der Waals surface area (Å²) in [6.45, 7) is 15.5. The number of hydrogen-bond acceptors (Lipinski definition) is 5. The molecule has 7 aliphatic rings. The van der Waals surface area contributed by atoms with E-state index in [0.717, 1.165) is 68.3 Å². The van der Waals surface area contributed by atoms with Crippen LogP contribution in [-0.2, 0) is 0 Å². The van der Waals surface area contributed by atoms with E-state index in [9.17, 15) is 0 Å². The third-order valence-electron chi connectivity index (χ3n) is 13.0. The van der Waals surface area contributed by atoms with Gasteiger partial charge in [-0.15, -0.1) is 0 Å². The summed E-state index contributed by atoms with van der Waals surface area (Å²) in [5.74, 6) is 6.54. The molecule has 0 radical (unpaired) electrons. The van der Waals surface area contributed by atoms with E-state index in [1.54, 1.807) is 0 Å². The minimum Gasteiger partial charge on any atom is -0.370 e. The first-order chi connectivity index (χ1) is 21.2. The quantitative estimate of drug-likeness (QED) is 0.188. The predicted molar refractivity (Wildman–Crippen MR) is 185 cm³/mol. The van der Waals surface area contributed by atoms with Crippen LogP contribution in [0.1, 0.15) is 124 Å². The summed E-state index contributed by atoms with van der Waals surface area (Å²) >= 11 is 0. The minimum atomic E-state index is 0.433. The van der Waals surface area contributed by atoms with E-state index < -0.39 is 0 Å². The van der Waals surface area contributed by atoms with E-state index >= 15 is 0 Å². The Hall–Kier alpha value is -1.50. The molecular formula is C37H67N7. The van der Waals surface area contributed by atoms with Gasteiger partial charge in [-0.1, -0.05) is 59.8 Å². The molecule has 0 aromatic heterocycles. The molecule has 0 amide bonds. The molecule has 6 fully saturated rings. The normalized spacial score (nSPS) is 35.3. The number of nitrogens with two attached hydrogens (primary N) is 2. The zero-order valence-corrected chi connectivity index (χ0v) is 28.9. The van der Waals surface area contributed by atoms with Crippen molar-refractivity contribution in [1.82, 2.24) is 14.7 Å². The van der Waals surface area contributed by atoms with Crippen LogP contribution in [0.4, 0.5) is 0 Å². The van der Waals surface area contributed by atoms with Crippen LogP contribution in [0.5, 0.6) is 0 Å². The number of nitrogens with zero attached hydrogens (tertiary/aromatic N) is 5. The first-order valence-electron chi connectivity index (χ1n) is 19.0. The molecule has 2 heterocycles. The Morgan fingerprint density at radius 2 is 1.66 bits per heavy atom. The molecule has 1 saturated heterocycles. The lowest BCUT2D eigenvalue weighted by atomic mass is 9.49. The average Bonchev–Trinajstić information content (AvgIpc) is 3.57. The molecule has 44 heavy (non-hydrogen) atoms. The zero-order chi connectivity index (χ0) is 30.8. The number of aliphatic imine (C=N–C) groups is 2. The monoisotopic (exact) mass is 610 g/mol. The number of hydrogen-bond donors (Lipinski definition) is 2. The molecule has 2 aliphatic heterocycles. The Morgan fingerprint density at radius 3 is 2.30 bits per heavy atom. The second kappa shape index (κ2) is 14.1. The molecule has 3 atom stereocenters. The van der Waals surface area contributed by atoms with Crippen LogP contribution in [0.15, 0.2) is 9.98 Å². The van der Waals surface area contributed by atoms with E-state index in [0.29, 0.717) is 35.4 Å². The highest BCUT2D eigenvalue weighted by molar-refractivity contribution is 5.80. The smallest absolute Gasteiger partial charge is 0.191 e. The van der Waals surface area contributed by atoms with E-state index in [-0.39, 0.29) is 0 Å². The van der Waals surface area contributed by atoms with Crippen LogP contribution < -0.4 is 11.5 Å². The molecule has 7 nitrogen and oxygen atoms in total. The van der Waals surface area contributed by atoms with E-state index in [2.05, 4.69) is 47.4 Å². The van der Waals surface area contributed by atoms with Crippen LogP contribution in [0.3, 0.4) is 0 Å². The minimum absolute atomic E-state index is 0.433. The fraction of sp³-hybridized carbons (Fsp3) is 0.946. The summed E-state index contributed by atoms with van der Waals surface area (Å²) in [5, 5.41) is 0. The molecule has 5 aliphatic carbocycles. The lowest BCUT2D eigenvalue weighted by Crippen LogP contribution is -2.54. The van der Waals surface area contributed by atoms with Gasteiger partial charge >= 0.3 is 0 Å². The topological polar surface area (TPSA) is 86.5 Å². The number of rotatable bonds is 13. The maximum absolute atomic E-state index is 7.17. The van der Waals surface area contributed by atoms with Gasteiger partial charge in [0.25, 0.3) is 0 Å². The summed E-state index contributed by atoms with van der Waals surface area (Å²) < 4.78 is 0. The Morgan fingerprint density at radius 1 is 0.977 bits per heavy atom. The van der Waals surface area contributed by atoms with Crippen molar-refractivity contribution in [1.29, 1.82) is 0 Å². The van der Waals surface area contributed by atoms with Crippen LogP contribution in [0.2, 0.25) is 0 Å². The third kappa shape index (κ3) is 7.55. The molecule has 4 bridgehead atoms. The Kier molecular flexibility index (Phi) is 10.4. The summed E-state index contributed by atoms with van der Waals surface area (Å²) in [4.78, 5) is 17.9. The lowest BCUT2D eigenvalue weighted by molar-refractivity contribution is -0.0466. The van der Waals surface area contributed by atoms with Gasteiger partial charge in [-0.05, 0) is 112 Å². The molecule has 4 N–H and O–H groups in total. The zero-order valence-electron chi connectivity index (χ0n) is 28.9. The van der Waals surface area contributed by atoms with Gasteiger partial charge in [-0.2, -0.15) is 0 Å². The summed E-state index contributed by atoms with van der Waals surface area (Å²) in [7, 11) is 0. The van der Waals surface area contributed by atoms with Gasteiger partial charge in [-0.3, -0.25) is 14.9 Å². The van der Waals surface area contributed by atoms with Gasteiger partial charge in [0.1, 0.15) is 0 Å². The van der Waals surface area contributed by atoms with Gasteiger partial charge in [0.2, 0.25) is 0 Å². The molecule has 7 rings (SSSR count). The van der Waals surface area contributed by atoms with Crippen molar-refractivity contribution in [2.45, 2.75) is 142 Å². The molecular weight excluding hydrogens is 542 g/mol. The highest BCUT2D eigenvalue weighted by Crippen LogP contribution is 2.60. The van der Waals surface area contributed by atoms with E-state index in [1.165, 1.54) is 103 Å². The highest BCUT2D eigenvalue weighted by Gasteiger charge is 2.50. The van der Waals surface area contributed by atoms with Gasteiger partial charge in [0, 0.05) is 38.3 Å². The highest BCUT2D eigenvalue weighted by atomic mass is 15.4. The van der Waals surface area contributed by atoms with Crippen LogP contribution in [-0.4, -0.2) is 84.0 Å². The standard InChI is InChI=1S/C37H67N7/c1-26(2)12-14-43(36(39)41-25-37-19-29-15-30(20-37)17-31(16-29)21-37)33(18-28-9-6-5-7-10-28)23-42-13-8-11-32(42)24-44-34(27(3)4)22-40-35(44)38/h26-34H,5-25H2,1-4H3,(H2,38,40)(H2,39,41)/t29?,30?,31?,32-,33+,34-,37?/m0/s1. The van der Waals surface area contributed by atoms with Crippen molar-refractivity contribution in [3.8, 4) is 0 Å². The van der Waals surface area contributed by atoms with Gasteiger partial charge < -0.3 is 21.3 Å². The van der Waals surface area contributed by atoms with Crippen molar-refractivity contribution in [3.63, 3.8) is 0 Å². The Bertz CT molecular complexity index is 963. The molecule has 0 spiro atoms. The first-order valence-corrected chi connectivity index (χ1v) is 19.0. The average molecular weight is 610 g/mol. The largest absolute Gasteiger partial charge is 0.370 e. The maximum Gasteiger partial charge on any atom is 0.191 e. The maximum atomic E-state index is 7.17. The molecule has 250 valence electrons. The van der Waals surface area contributed by atoms with E-state index in [4.69, 9.17) is 16.5 Å². The second-order valence-corrected chi connectivity index (χ2v) is 17.3. The number of guanidine groups is 2. The fourth-order valence-corrected chi connectivity index (χ4v) is 11.0. The predicted octanol–water partition coefficient (Wildman–Crippen LogP) is 6.32. The van der Waals surface area contributed by atoms with Gasteiger partial charge in [-0.25, -0.2) is 0 Å². The molecule has 0 aromatic carbocycles. The summed E-state index contributed by atoms with van der Waals surface area (Å²) in [5.41, 5.74) is 14.1. The fourth-order valence-electron chi connectivity index (χ4n) is 11.0.